The largest absolute Gasteiger partial charge is 0.479 e. The third kappa shape index (κ3) is 4.49. The molecule has 0 spiro atoms. The summed E-state index contributed by atoms with van der Waals surface area (Å²) in [7, 11) is 0. The van der Waals surface area contributed by atoms with Crippen molar-refractivity contribution < 1.29 is 19.4 Å². The van der Waals surface area contributed by atoms with Crippen LogP contribution in [0.25, 0.3) is 11.1 Å². The molecule has 7 heteroatoms. The highest BCUT2D eigenvalue weighted by atomic mass is 16.6. The molecular formula is C26H29N3O4. The average Bonchev–Trinajstić information content (AvgIpc) is 3.40. The monoisotopic (exact) mass is 447 g/mol. The molecule has 1 atom stereocenters. The molecule has 2 aromatic carbocycles. The summed E-state index contributed by atoms with van der Waals surface area (Å²) in [4.78, 5) is 26.7. The maximum absolute atomic E-state index is 13.2. The lowest BCUT2D eigenvalue weighted by Crippen LogP contribution is -2.40. The molecule has 0 bridgehead atoms. The summed E-state index contributed by atoms with van der Waals surface area (Å²) in [5.41, 5.74) is 4.99. The van der Waals surface area contributed by atoms with E-state index >= 15 is 0 Å². The second-order valence-corrected chi connectivity index (χ2v) is 8.27. The third-order valence-electron chi connectivity index (χ3n) is 6.00. The molecule has 0 saturated heterocycles. The fraction of sp³-hybridized carbons (Fsp3) is 0.346. The lowest BCUT2D eigenvalue weighted by atomic mass is 9.98. The summed E-state index contributed by atoms with van der Waals surface area (Å²) in [6.45, 7) is 5.03. The number of carboxylic acid groups (broad SMARTS) is 1. The van der Waals surface area contributed by atoms with Gasteiger partial charge in [0.05, 0.1) is 6.20 Å². The number of ether oxygens (including phenoxy) is 1. The van der Waals surface area contributed by atoms with E-state index in [1.54, 1.807) is 10.9 Å². The van der Waals surface area contributed by atoms with E-state index in [0.717, 1.165) is 28.7 Å². The van der Waals surface area contributed by atoms with E-state index in [1.165, 1.54) is 11.1 Å². The number of rotatable bonds is 9. The molecule has 1 unspecified atom stereocenters. The number of fused-ring (bicyclic) bond motifs is 3. The first-order valence-electron chi connectivity index (χ1n) is 11.4. The van der Waals surface area contributed by atoms with Crippen LogP contribution in [-0.4, -0.2) is 45.0 Å². The summed E-state index contributed by atoms with van der Waals surface area (Å²) in [6, 6.07) is 15.1. The van der Waals surface area contributed by atoms with Crippen LogP contribution in [-0.2, 0) is 16.1 Å². The van der Waals surface area contributed by atoms with Crippen molar-refractivity contribution in [2.45, 2.75) is 45.2 Å². The van der Waals surface area contributed by atoms with Gasteiger partial charge in [-0.15, -0.1) is 0 Å². The number of aliphatic carboxylic acids is 1. The fourth-order valence-electron chi connectivity index (χ4n) is 4.57. The molecule has 172 valence electrons. The Bertz CT molecular complexity index is 1090. The second-order valence-electron chi connectivity index (χ2n) is 8.27. The molecule has 0 radical (unpaired) electrons. The van der Waals surface area contributed by atoms with Crippen LogP contribution in [0.1, 0.15) is 55.3 Å². The predicted molar refractivity (Wildman–Crippen MR) is 125 cm³/mol. The molecule has 3 aromatic rings. The number of benzene rings is 2. The summed E-state index contributed by atoms with van der Waals surface area (Å²) >= 11 is 0. The van der Waals surface area contributed by atoms with Gasteiger partial charge in [0.25, 0.3) is 0 Å². The zero-order valence-corrected chi connectivity index (χ0v) is 19.0. The normalized spacial score (nSPS) is 13.3. The van der Waals surface area contributed by atoms with Gasteiger partial charge in [-0.2, -0.15) is 5.10 Å². The van der Waals surface area contributed by atoms with E-state index in [4.69, 9.17) is 4.74 Å². The van der Waals surface area contributed by atoms with Crippen LogP contribution >= 0.6 is 0 Å². The van der Waals surface area contributed by atoms with E-state index < -0.39 is 18.1 Å². The maximum Gasteiger partial charge on any atom is 0.410 e. The van der Waals surface area contributed by atoms with Crippen molar-refractivity contribution >= 4 is 12.1 Å². The van der Waals surface area contributed by atoms with Gasteiger partial charge in [-0.3, -0.25) is 9.58 Å². The van der Waals surface area contributed by atoms with Crippen molar-refractivity contribution in [2.24, 2.45) is 0 Å². The van der Waals surface area contributed by atoms with Crippen molar-refractivity contribution in [2.75, 3.05) is 13.2 Å². The lowest BCUT2D eigenvalue weighted by Gasteiger charge is -2.28. The molecule has 0 aliphatic heterocycles. The Balaban J connectivity index is 1.55. The minimum atomic E-state index is -1.15. The molecule has 1 N–H and O–H groups in total. The van der Waals surface area contributed by atoms with Crippen molar-refractivity contribution in [1.29, 1.82) is 0 Å². The molecular weight excluding hydrogens is 418 g/mol. The molecule has 7 nitrogen and oxygen atoms in total. The minimum absolute atomic E-state index is 0.0830. The number of carbonyl (C=O) groups excluding carboxylic acids is 1. The smallest absolute Gasteiger partial charge is 0.410 e. The number of aromatic nitrogens is 2. The van der Waals surface area contributed by atoms with Crippen LogP contribution in [0.2, 0.25) is 0 Å². The predicted octanol–water partition coefficient (Wildman–Crippen LogP) is 5.08. The van der Waals surface area contributed by atoms with Crippen molar-refractivity contribution in [3.05, 3.63) is 77.6 Å². The first-order chi connectivity index (χ1) is 16.0. The highest BCUT2D eigenvalue weighted by Crippen LogP contribution is 2.44. The number of hydrogen-bond donors (Lipinski definition) is 1. The van der Waals surface area contributed by atoms with Crippen LogP contribution in [0.15, 0.2) is 60.9 Å². The molecule has 0 fully saturated rings. The molecule has 1 aromatic heterocycles. The van der Waals surface area contributed by atoms with E-state index in [0.29, 0.717) is 18.5 Å². The standard InChI is InChI=1S/C26H29N3O4/c1-3-13-28-16-18(15-27-28)24(25(30)31)29(14-4-2)26(32)33-17-23-21-11-7-5-9-19(21)20-10-6-8-12-22(20)23/h5-12,15-16,23-24H,3-4,13-14,17H2,1-2H3,(H,30,31). The van der Waals surface area contributed by atoms with Gasteiger partial charge in [0, 0.05) is 30.8 Å². The lowest BCUT2D eigenvalue weighted by molar-refractivity contribution is -0.143. The topological polar surface area (TPSA) is 84.7 Å². The van der Waals surface area contributed by atoms with Crippen LogP contribution < -0.4 is 0 Å². The quantitative estimate of drug-likeness (QED) is 0.494. The van der Waals surface area contributed by atoms with Gasteiger partial charge in [-0.1, -0.05) is 62.4 Å². The van der Waals surface area contributed by atoms with E-state index in [2.05, 4.69) is 29.4 Å². The summed E-state index contributed by atoms with van der Waals surface area (Å²) in [5.74, 6) is -1.19. The first kappa shape index (κ1) is 22.6. The Morgan fingerprint density at radius 2 is 1.70 bits per heavy atom. The number of carboxylic acids is 1. The van der Waals surface area contributed by atoms with E-state index in [-0.39, 0.29) is 19.1 Å². The molecule has 0 saturated carbocycles. The Labute approximate surface area is 193 Å². The summed E-state index contributed by atoms with van der Waals surface area (Å²) < 4.78 is 7.46. The molecule has 33 heavy (non-hydrogen) atoms. The highest BCUT2D eigenvalue weighted by Gasteiger charge is 2.35. The van der Waals surface area contributed by atoms with Gasteiger partial charge in [0.2, 0.25) is 0 Å². The number of aryl methyl sites for hydroxylation is 1. The van der Waals surface area contributed by atoms with Gasteiger partial charge in [-0.05, 0) is 35.1 Å². The zero-order valence-electron chi connectivity index (χ0n) is 19.0. The zero-order chi connectivity index (χ0) is 23.4. The van der Waals surface area contributed by atoms with Crippen LogP contribution in [0.5, 0.6) is 0 Å². The number of amides is 1. The molecule has 1 aliphatic rings. The van der Waals surface area contributed by atoms with Gasteiger partial charge in [0.1, 0.15) is 6.61 Å². The number of hydrogen-bond acceptors (Lipinski definition) is 4. The SMILES string of the molecule is CCCN(C(=O)OCC1c2ccccc2-c2ccccc21)C(C(=O)O)c1cnn(CCC)c1. The Hall–Kier alpha value is -3.61. The van der Waals surface area contributed by atoms with Crippen molar-refractivity contribution in [3.63, 3.8) is 0 Å². The van der Waals surface area contributed by atoms with Crippen LogP contribution in [0.4, 0.5) is 4.79 Å². The average molecular weight is 448 g/mol. The fourth-order valence-corrected chi connectivity index (χ4v) is 4.57. The van der Waals surface area contributed by atoms with Crippen LogP contribution in [0.3, 0.4) is 0 Å². The first-order valence-corrected chi connectivity index (χ1v) is 11.4. The minimum Gasteiger partial charge on any atom is -0.479 e. The van der Waals surface area contributed by atoms with Gasteiger partial charge < -0.3 is 9.84 Å². The molecule has 1 aliphatic carbocycles. The second kappa shape index (κ2) is 9.90. The summed E-state index contributed by atoms with van der Waals surface area (Å²) in [6.07, 6.45) is 4.07. The van der Waals surface area contributed by atoms with E-state index in [9.17, 15) is 14.7 Å². The van der Waals surface area contributed by atoms with Gasteiger partial charge in [-0.25, -0.2) is 9.59 Å². The Kier molecular flexibility index (Phi) is 6.77. The molecule has 1 amide bonds. The van der Waals surface area contributed by atoms with Crippen molar-refractivity contribution in [1.82, 2.24) is 14.7 Å². The Morgan fingerprint density at radius 3 is 2.27 bits per heavy atom. The molecule has 4 rings (SSSR count). The highest BCUT2D eigenvalue weighted by molar-refractivity contribution is 5.82. The maximum atomic E-state index is 13.2. The number of nitrogens with zero attached hydrogens (tertiary/aromatic N) is 3. The third-order valence-corrected chi connectivity index (χ3v) is 6.00. The molecule has 1 heterocycles. The number of carbonyl (C=O) groups is 2. The van der Waals surface area contributed by atoms with Gasteiger partial charge in [0.15, 0.2) is 6.04 Å². The van der Waals surface area contributed by atoms with Crippen molar-refractivity contribution in [3.8, 4) is 11.1 Å². The van der Waals surface area contributed by atoms with Gasteiger partial charge >= 0.3 is 12.1 Å². The van der Waals surface area contributed by atoms with E-state index in [1.807, 2.05) is 38.1 Å². The summed E-state index contributed by atoms with van der Waals surface area (Å²) in [5, 5.41) is 14.2. The van der Waals surface area contributed by atoms with Crippen LogP contribution in [0, 0.1) is 0 Å². The Morgan fingerprint density at radius 1 is 1.06 bits per heavy atom.